The Kier molecular flexibility index (Phi) is 5.35. The van der Waals surface area contributed by atoms with Crippen LogP contribution in [0.3, 0.4) is 0 Å². The molecular weight excluding hydrogens is 368 g/mol. The van der Waals surface area contributed by atoms with Gasteiger partial charge in [-0.3, -0.25) is 4.79 Å². The molecule has 0 spiro atoms. The number of anilines is 1. The van der Waals surface area contributed by atoms with E-state index in [4.69, 9.17) is 4.74 Å². The topological polar surface area (TPSA) is 41.6 Å². The van der Waals surface area contributed by atoms with E-state index in [1.807, 2.05) is 17.0 Å². The average molecular weight is 393 g/mol. The van der Waals surface area contributed by atoms with Gasteiger partial charge in [-0.1, -0.05) is 24.3 Å². The van der Waals surface area contributed by atoms with Gasteiger partial charge in [-0.15, -0.1) is 11.3 Å². The van der Waals surface area contributed by atoms with Crippen LogP contribution in [0, 0.1) is 0 Å². The molecule has 1 aromatic heterocycles. The normalized spacial score (nSPS) is 15.8. The molecule has 0 fully saturated rings. The Hall–Kier alpha value is -2.79. The van der Waals surface area contributed by atoms with E-state index in [0.717, 1.165) is 36.5 Å². The third-order valence-electron chi connectivity index (χ3n) is 5.25. The number of thiophene rings is 1. The Morgan fingerprint density at radius 2 is 1.89 bits per heavy atom. The number of hydrogen-bond donors (Lipinski definition) is 1. The number of rotatable bonds is 5. The maximum absolute atomic E-state index is 12.2. The number of nitrogens with one attached hydrogen (secondary N) is 1. The maximum Gasteiger partial charge on any atom is 0.220 e. The number of hydrogen-bond acceptors (Lipinski definition) is 4. The summed E-state index contributed by atoms with van der Waals surface area (Å²) in [7, 11) is 1.67. The molecular formula is C23H24N2O2S. The van der Waals surface area contributed by atoms with Gasteiger partial charge in [0.2, 0.25) is 5.91 Å². The monoisotopic (exact) mass is 392 g/mol. The Morgan fingerprint density at radius 3 is 2.57 bits per heavy atom. The van der Waals surface area contributed by atoms with Crippen LogP contribution in [0.1, 0.15) is 34.5 Å². The molecule has 144 valence electrons. The van der Waals surface area contributed by atoms with E-state index in [1.54, 1.807) is 25.4 Å². The predicted octanol–water partition coefficient (Wildman–Crippen LogP) is 4.86. The van der Waals surface area contributed by atoms with E-state index >= 15 is 0 Å². The lowest BCUT2D eigenvalue weighted by atomic mass is 9.93. The van der Waals surface area contributed by atoms with Gasteiger partial charge < -0.3 is 15.0 Å². The Balaban J connectivity index is 1.50. The molecule has 0 saturated carbocycles. The van der Waals surface area contributed by atoms with Crippen LogP contribution in [-0.4, -0.2) is 24.5 Å². The highest BCUT2D eigenvalue weighted by atomic mass is 32.1. The van der Waals surface area contributed by atoms with Gasteiger partial charge in [0.15, 0.2) is 0 Å². The fourth-order valence-electron chi connectivity index (χ4n) is 3.75. The van der Waals surface area contributed by atoms with Crippen LogP contribution in [0.4, 0.5) is 5.69 Å². The summed E-state index contributed by atoms with van der Waals surface area (Å²) < 4.78 is 5.20. The van der Waals surface area contributed by atoms with E-state index in [9.17, 15) is 4.79 Å². The Morgan fingerprint density at radius 1 is 1.14 bits per heavy atom. The summed E-state index contributed by atoms with van der Waals surface area (Å²) in [6.45, 7) is 3.20. The third-order valence-corrected chi connectivity index (χ3v) is 6.25. The van der Waals surface area contributed by atoms with Crippen molar-refractivity contribution < 1.29 is 9.53 Å². The first-order chi connectivity index (χ1) is 13.7. The quantitative estimate of drug-likeness (QED) is 0.674. The summed E-state index contributed by atoms with van der Waals surface area (Å²) in [5, 5.41) is 5.59. The first-order valence-corrected chi connectivity index (χ1v) is 10.3. The number of benzene rings is 2. The number of amides is 1. The zero-order valence-electron chi connectivity index (χ0n) is 16.1. The number of ether oxygens (including phenoxy) is 1. The second kappa shape index (κ2) is 8.07. The van der Waals surface area contributed by atoms with Crippen molar-refractivity contribution >= 4 is 22.9 Å². The van der Waals surface area contributed by atoms with Crippen LogP contribution >= 0.6 is 11.3 Å². The van der Waals surface area contributed by atoms with Gasteiger partial charge in [0, 0.05) is 30.6 Å². The van der Waals surface area contributed by atoms with Gasteiger partial charge in [0.1, 0.15) is 5.75 Å². The predicted molar refractivity (Wildman–Crippen MR) is 114 cm³/mol. The molecule has 0 radical (unpaired) electrons. The SMILES string of the molecule is COc1ccc(CNc2ccc([C@@H]3c4ccsc4CCN3C(C)=O)cc2)cc1. The lowest BCUT2D eigenvalue weighted by molar-refractivity contribution is -0.130. The molecule has 4 rings (SSSR count). The maximum atomic E-state index is 12.2. The minimum Gasteiger partial charge on any atom is -0.497 e. The summed E-state index contributed by atoms with van der Waals surface area (Å²) in [5.41, 5.74) is 4.69. The molecule has 1 aliphatic heterocycles. The number of methoxy groups -OCH3 is 1. The largest absolute Gasteiger partial charge is 0.497 e. The van der Waals surface area contributed by atoms with Crippen molar-refractivity contribution in [3.8, 4) is 5.75 Å². The molecule has 0 aliphatic carbocycles. The van der Waals surface area contributed by atoms with Crippen LogP contribution in [-0.2, 0) is 17.8 Å². The second-order valence-electron chi connectivity index (χ2n) is 6.99. The lowest BCUT2D eigenvalue weighted by Crippen LogP contribution is -2.38. The van der Waals surface area contributed by atoms with Gasteiger partial charge in [-0.25, -0.2) is 0 Å². The van der Waals surface area contributed by atoms with Crippen molar-refractivity contribution in [1.82, 2.24) is 4.90 Å². The number of carbonyl (C=O) groups is 1. The molecule has 0 saturated heterocycles. The van der Waals surface area contributed by atoms with Crippen molar-refractivity contribution in [1.29, 1.82) is 0 Å². The highest BCUT2D eigenvalue weighted by molar-refractivity contribution is 7.10. The first-order valence-electron chi connectivity index (χ1n) is 9.46. The Labute approximate surface area is 169 Å². The number of carbonyl (C=O) groups excluding carboxylic acids is 1. The van der Waals surface area contributed by atoms with Crippen molar-refractivity contribution in [2.75, 3.05) is 19.0 Å². The zero-order chi connectivity index (χ0) is 19.5. The van der Waals surface area contributed by atoms with Crippen LogP contribution in [0.25, 0.3) is 0 Å². The van der Waals surface area contributed by atoms with Gasteiger partial charge in [0.05, 0.1) is 13.2 Å². The molecule has 0 unspecified atom stereocenters. The number of nitrogens with zero attached hydrogens (tertiary/aromatic N) is 1. The van der Waals surface area contributed by atoms with E-state index in [-0.39, 0.29) is 11.9 Å². The molecule has 1 N–H and O–H groups in total. The fraction of sp³-hybridized carbons (Fsp3) is 0.261. The van der Waals surface area contributed by atoms with E-state index in [0.29, 0.717) is 0 Å². The molecule has 2 heterocycles. The van der Waals surface area contributed by atoms with E-state index < -0.39 is 0 Å². The van der Waals surface area contributed by atoms with Gasteiger partial charge >= 0.3 is 0 Å². The lowest BCUT2D eigenvalue weighted by Gasteiger charge is -2.35. The smallest absolute Gasteiger partial charge is 0.220 e. The summed E-state index contributed by atoms with van der Waals surface area (Å²) in [6, 6.07) is 18.7. The average Bonchev–Trinajstić information content (AvgIpc) is 3.21. The summed E-state index contributed by atoms with van der Waals surface area (Å²) in [5.74, 6) is 0.993. The summed E-state index contributed by atoms with van der Waals surface area (Å²) in [6.07, 6.45) is 0.949. The number of fused-ring (bicyclic) bond motifs is 1. The molecule has 5 heteroatoms. The van der Waals surface area contributed by atoms with Gasteiger partial charge in [-0.05, 0) is 58.8 Å². The first kappa shape index (κ1) is 18.6. The standard InChI is InChI=1S/C23H24N2O2S/c1-16(26)25-13-11-22-21(12-14-28-22)23(25)18-5-7-19(8-6-18)24-15-17-3-9-20(27-2)10-4-17/h3-10,12,14,23-24H,11,13,15H2,1-2H3/t23-/m1/s1. The molecule has 1 amide bonds. The second-order valence-corrected chi connectivity index (χ2v) is 7.99. The van der Waals surface area contributed by atoms with Crippen LogP contribution in [0.2, 0.25) is 0 Å². The van der Waals surface area contributed by atoms with Crippen LogP contribution in [0.5, 0.6) is 5.75 Å². The van der Waals surface area contributed by atoms with Gasteiger partial charge in [0.25, 0.3) is 0 Å². The van der Waals surface area contributed by atoms with Crippen molar-refractivity contribution in [2.45, 2.75) is 25.9 Å². The molecule has 2 aromatic carbocycles. The summed E-state index contributed by atoms with van der Waals surface area (Å²) >= 11 is 1.79. The minimum absolute atomic E-state index is 0.0168. The third kappa shape index (κ3) is 3.76. The zero-order valence-corrected chi connectivity index (χ0v) is 17.0. The highest BCUT2D eigenvalue weighted by Gasteiger charge is 2.31. The molecule has 28 heavy (non-hydrogen) atoms. The molecule has 3 aromatic rings. The fourth-order valence-corrected chi connectivity index (χ4v) is 4.65. The Bertz CT molecular complexity index is 947. The molecule has 1 aliphatic rings. The van der Waals surface area contributed by atoms with E-state index in [2.05, 4.69) is 53.2 Å². The van der Waals surface area contributed by atoms with Crippen molar-refractivity contribution in [2.24, 2.45) is 0 Å². The minimum atomic E-state index is 0.0168. The molecule has 1 atom stereocenters. The summed E-state index contributed by atoms with van der Waals surface area (Å²) in [4.78, 5) is 15.6. The molecule has 4 nitrogen and oxygen atoms in total. The van der Waals surface area contributed by atoms with Gasteiger partial charge in [-0.2, -0.15) is 0 Å². The van der Waals surface area contributed by atoms with E-state index in [1.165, 1.54) is 16.0 Å². The van der Waals surface area contributed by atoms with Crippen LogP contribution in [0.15, 0.2) is 60.0 Å². The van der Waals surface area contributed by atoms with Crippen molar-refractivity contribution in [3.05, 3.63) is 81.5 Å². The molecule has 0 bridgehead atoms. The highest BCUT2D eigenvalue weighted by Crippen LogP contribution is 2.38. The van der Waals surface area contributed by atoms with Crippen LogP contribution < -0.4 is 10.1 Å². The van der Waals surface area contributed by atoms with Crippen molar-refractivity contribution in [3.63, 3.8) is 0 Å².